The van der Waals surface area contributed by atoms with Gasteiger partial charge in [-0.05, 0) is 69.5 Å². The minimum absolute atomic E-state index is 0.387. The second-order valence-electron chi connectivity index (χ2n) is 7.90. The Morgan fingerprint density at radius 1 is 1.38 bits per heavy atom. The topological polar surface area (TPSA) is 59.9 Å². The second kappa shape index (κ2) is 9.20. The molecule has 5 nitrogen and oxygen atoms in total. The van der Waals surface area contributed by atoms with Crippen LogP contribution in [0.3, 0.4) is 0 Å². The van der Waals surface area contributed by atoms with Gasteiger partial charge in [0.05, 0.1) is 18.2 Å². The van der Waals surface area contributed by atoms with Gasteiger partial charge in [-0.15, -0.1) is 11.3 Å². The Balaban J connectivity index is 1.62. The van der Waals surface area contributed by atoms with Crippen LogP contribution in [0.15, 0.2) is 22.5 Å². The van der Waals surface area contributed by atoms with Crippen LogP contribution < -0.4 is 10.6 Å². The highest BCUT2D eigenvalue weighted by Gasteiger charge is 2.34. The number of likely N-dealkylation sites (tertiary alicyclic amines) is 1. The lowest BCUT2D eigenvalue weighted by molar-refractivity contribution is -0.0236. The van der Waals surface area contributed by atoms with Gasteiger partial charge in [0.15, 0.2) is 5.96 Å². The molecule has 0 aromatic carbocycles. The van der Waals surface area contributed by atoms with Crippen LogP contribution in [0.2, 0.25) is 0 Å². The maximum absolute atomic E-state index is 10.3. The van der Waals surface area contributed by atoms with Crippen LogP contribution in [0.4, 0.5) is 0 Å². The van der Waals surface area contributed by atoms with E-state index >= 15 is 0 Å². The number of nitrogens with one attached hydrogen (secondary N) is 2. The molecule has 6 heteroatoms. The van der Waals surface area contributed by atoms with Crippen LogP contribution in [0.1, 0.15) is 56.9 Å². The van der Waals surface area contributed by atoms with E-state index in [4.69, 9.17) is 0 Å². The predicted molar refractivity (Wildman–Crippen MR) is 110 cm³/mol. The number of thiophene rings is 1. The van der Waals surface area contributed by atoms with Gasteiger partial charge >= 0.3 is 0 Å². The first-order valence-electron chi connectivity index (χ1n) is 10.1. The Bertz CT molecular complexity index is 562. The molecule has 0 spiro atoms. The van der Waals surface area contributed by atoms with Gasteiger partial charge in [0, 0.05) is 18.0 Å². The van der Waals surface area contributed by atoms with Crippen LogP contribution in [-0.2, 0) is 0 Å². The van der Waals surface area contributed by atoms with E-state index in [0.717, 1.165) is 44.2 Å². The lowest BCUT2D eigenvalue weighted by Crippen LogP contribution is -2.46. The van der Waals surface area contributed by atoms with Crippen LogP contribution in [0.25, 0.3) is 0 Å². The molecular formula is C20H34N4OS. The molecule has 3 rings (SSSR count). The molecule has 2 fully saturated rings. The summed E-state index contributed by atoms with van der Waals surface area (Å²) in [6, 6.07) is 4.78. The third-order valence-electron chi connectivity index (χ3n) is 5.75. The van der Waals surface area contributed by atoms with Gasteiger partial charge in [-0.1, -0.05) is 13.0 Å². The molecule has 1 unspecified atom stereocenters. The first-order valence-corrected chi connectivity index (χ1v) is 11.0. The summed E-state index contributed by atoms with van der Waals surface area (Å²) in [6.07, 6.45) is 5.43. The SMILES string of the molecule is CCNC(=NCC1(O)CCC1)NCC(c1cccs1)N1CCC(C)CC1. The Hall–Kier alpha value is -1.11. The van der Waals surface area contributed by atoms with Gasteiger partial charge in [0.25, 0.3) is 0 Å². The van der Waals surface area contributed by atoms with Crippen molar-refractivity contribution >= 4 is 17.3 Å². The van der Waals surface area contributed by atoms with E-state index in [1.807, 2.05) is 11.3 Å². The number of guanidine groups is 1. The molecule has 0 radical (unpaired) electrons. The van der Waals surface area contributed by atoms with E-state index in [-0.39, 0.29) is 0 Å². The van der Waals surface area contributed by atoms with Crippen LogP contribution in [0, 0.1) is 5.92 Å². The lowest BCUT2D eigenvalue weighted by atomic mass is 9.80. The molecule has 146 valence electrons. The summed E-state index contributed by atoms with van der Waals surface area (Å²) in [5, 5.41) is 19.3. The molecule has 2 heterocycles. The lowest BCUT2D eigenvalue weighted by Gasteiger charge is -2.37. The van der Waals surface area contributed by atoms with Crippen molar-refractivity contribution < 1.29 is 5.11 Å². The summed E-state index contributed by atoms with van der Waals surface area (Å²) in [6.45, 7) is 8.94. The number of nitrogens with zero attached hydrogens (tertiary/aromatic N) is 2. The van der Waals surface area contributed by atoms with Gasteiger partial charge in [0.1, 0.15) is 0 Å². The van der Waals surface area contributed by atoms with Gasteiger partial charge in [-0.2, -0.15) is 0 Å². The van der Waals surface area contributed by atoms with E-state index in [2.05, 4.69) is 51.9 Å². The standard InChI is InChI=1S/C20H34N4OS/c1-3-21-19(23-15-20(25)9-5-10-20)22-14-17(18-6-4-13-26-18)24-11-7-16(2)8-12-24/h4,6,13,16-17,25H,3,5,7-12,14-15H2,1-2H3,(H2,21,22,23). The molecule has 1 aromatic rings. The number of piperidine rings is 1. The van der Waals surface area contributed by atoms with Crippen molar-refractivity contribution in [1.29, 1.82) is 0 Å². The zero-order chi connectivity index (χ0) is 18.4. The number of aliphatic hydroxyl groups is 1. The molecular weight excluding hydrogens is 344 g/mol. The Morgan fingerprint density at radius 2 is 2.15 bits per heavy atom. The van der Waals surface area contributed by atoms with E-state index < -0.39 is 5.60 Å². The molecule has 0 amide bonds. The van der Waals surface area contributed by atoms with Gasteiger partial charge < -0.3 is 15.7 Å². The van der Waals surface area contributed by atoms with Crippen molar-refractivity contribution in [3.8, 4) is 0 Å². The number of rotatable bonds is 7. The number of hydrogen-bond acceptors (Lipinski definition) is 4. The molecule has 2 aliphatic rings. The summed E-state index contributed by atoms with van der Waals surface area (Å²) >= 11 is 1.84. The highest BCUT2D eigenvalue weighted by atomic mass is 32.1. The first-order chi connectivity index (χ1) is 12.6. The van der Waals surface area contributed by atoms with Gasteiger partial charge in [-0.25, -0.2) is 0 Å². The molecule has 1 saturated carbocycles. The molecule has 3 N–H and O–H groups in total. The highest BCUT2D eigenvalue weighted by Crippen LogP contribution is 2.32. The maximum Gasteiger partial charge on any atom is 0.191 e. The largest absolute Gasteiger partial charge is 0.388 e. The van der Waals surface area contributed by atoms with Crippen molar-refractivity contribution in [2.24, 2.45) is 10.9 Å². The molecule has 1 saturated heterocycles. The normalized spacial score (nSPS) is 22.7. The summed E-state index contributed by atoms with van der Waals surface area (Å²) in [5.41, 5.74) is -0.571. The molecule has 0 bridgehead atoms. The van der Waals surface area contributed by atoms with Crippen molar-refractivity contribution in [3.63, 3.8) is 0 Å². The predicted octanol–water partition coefficient (Wildman–Crippen LogP) is 2.99. The first kappa shape index (κ1) is 19.6. The molecule has 1 aromatic heterocycles. The monoisotopic (exact) mass is 378 g/mol. The van der Waals surface area contributed by atoms with Crippen molar-refractivity contribution in [3.05, 3.63) is 22.4 Å². The third-order valence-corrected chi connectivity index (χ3v) is 6.73. The Morgan fingerprint density at radius 3 is 2.73 bits per heavy atom. The van der Waals surface area contributed by atoms with Crippen LogP contribution in [-0.4, -0.2) is 54.3 Å². The number of aliphatic imine (C=N–C) groups is 1. The van der Waals surface area contributed by atoms with Crippen molar-refractivity contribution in [2.75, 3.05) is 32.7 Å². The Labute approximate surface area is 161 Å². The molecule has 1 aliphatic heterocycles. The number of hydrogen-bond donors (Lipinski definition) is 3. The molecule has 1 aliphatic carbocycles. The van der Waals surface area contributed by atoms with E-state index in [9.17, 15) is 5.11 Å². The minimum atomic E-state index is -0.571. The van der Waals surface area contributed by atoms with E-state index in [0.29, 0.717) is 12.6 Å². The highest BCUT2D eigenvalue weighted by molar-refractivity contribution is 7.10. The second-order valence-corrected chi connectivity index (χ2v) is 8.88. The quantitative estimate of drug-likeness (QED) is 0.504. The fourth-order valence-electron chi connectivity index (χ4n) is 3.74. The summed E-state index contributed by atoms with van der Waals surface area (Å²) in [4.78, 5) is 8.68. The Kier molecular flexibility index (Phi) is 6.95. The molecule has 26 heavy (non-hydrogen) atoms. The zero-order valence-corrected chi connectivity index (χ0v) is 17.0. The minimum Gasteiger partial charge on any atom is -0.388 e. The van der Waals surface area contributed by atoms with Gasteiger partial charge in [-0.3, -0.25) is 9.89 Å². The van der Waals surface area contributed by atoms with Gasteiger partial charge in [0.2, 0.25) is 0 Å². The fourth-order valence-corrected chi connectivity index (χ4v) is 4.60. The fraction of sp³-hybridized carbons (Fsp3) is 0.750. The van der Waals surface area contributed by atoms with E-state index in [1.54, 1.807) is 0 Å². The maximum atomic E-state index is 10.3. The average molecular weight is 379 g/mol. The zero-order valence-electron chi connectivity index (χ0n) is 16.2. The van der Waals surface area contributed by atoms with Crippen molar-refractivity contribution in [2.45, 2.75) is 57.6 Å². The van der Waals surface area contributed by atoms with Crippen molar-refractivity contribution in [1.82, 2.24) is 15.5 Å². The summed E-state index contributed by atoms with van der Waals surface area (Å²) in [5.74, 6) is 1.66. The summed E-state index contributed by atoms with van der Waals surface area (Å²) < 4.78 is 0. The van der Waals surface area contributed by atoms with Crippen LogP contribution in [0.5, 0.6) is 0 Å². The van der Waals surface area contributed by atoms with Crippen LogP contribution >= 0.6 is 11.3 Å². The molecule has 1 atom stereocenters. The average Bonchev–Trinajstić information content (AvgIpc) is 3.14. The smallest absolute Gasteiger partial charge is 0.191 e. The summed E-state index contributed by atoms with van der Waals surface area (Å²) in [7, 11) is 0. The van der Waals surface area contributed by atoms with E-state index in [1.165, 1.54) is 30.8 Å². The third kappa shape index (κ3) is 5.21.